The van der Waals surface area contributed by atoms with Gasteiger partial charge >= 0.3 is 5.97 Å². The van der Waals surface area contributed by atoms with Crippen LogP contribution in [-0.4, -0.2) is 31.7 Å². The fourth-order valence-electron chi connectivity index (χ4n) is 4.43. The Bertz CT molecular complexity index is 900. The number of hydrogen-bond donors (Lipinski definition) is 0. The highest BCUT2D eigenvalue weighted by molar-refractivity contribution is 5.90. The van der Waals surface area contributed by atoms with Crippen LogP contribution in [0.25, 0.3) is 0 Å². The molecule has 1 aliphatic rings. The normalized spacial score (nSPS) is 15.1. The Balaban J connectivity index is 2.02. The lowest BCUT2D eigenvalue weighted by Crippen LogP contribution is -2.41. The van der Waals surface area contributed by atoms with Crippen LogP contribution in [-0.2, 0) is 10.2 Å². The van der Waals surface area contributed by atoms with E-state index in [0.29, 0.717) is 18.2 Å². The summed E-state index contributed by atoms with van der Waals surface area (Å²) in [5.74, 6) is -0.271. The van der Waals surface area contributed by atoms with E-state index in [2.05, 4.69) is 63.5 Å². The molecule has 0 saturated carbocycles. The van der Waals surface area contributed by atoms with Crippen molar-refractivity contribution >= 4 is 23.0 Å². The molecule has 0 amide bonds. The molecule has 0 aliphatic carbocycles. The first-order chi connectivity index (χ1) is 14.2. The highest BCUT2D eigenvalue weighted by atomic mass is 16.5. The van der Waals surface area contributed by atoms with Gasteiger partial charge in [0.25, 0.3) is 0 Å². The Morgan fingerprint density at radius 3 is 2.40 bits per heavy atom. The average molecular weight is 409 g/mol. The smallest absolute Gasteiger partial charge is 0.338 e. The summed E-state index contributed by atoms with van der Waals surface area (Å²) in [6, 6.07) is 13.0. The quantitative estimate of drug-likeness (QED) is 0.531. The number of ether oxygens (including phenoxy) is 1. The number of esters is 1. The molecule has 1 aliphatic heterocycles. The Kier molecular flexibility index (Phi) is 6.44. The summed E-state index contributed by atoms with van der Waals surface area (Å²) in [4.78, 5) is 16.9. The Hall–Kier alpha value is -2.49. The monoisotopic (exact) mass is 408 g/mol. The van der Waals surface area contributed by atoms with Crippen LogP contribution in [0.15, 0.2) is 36.4 Å². The molecular formula is C26H36N2O2. The molecule has 1 heterocycles. The van der Waals surface area contributed by atoms with Gasteiger partial charge in [-0.25, -0.2) is 4.79 Å². The summed E-state index contributed by atoms with van der Waals surface area (Å²) >= 11 is 0. The Labute approximate surface area is 181 Å². The van der Waals surface area contributed by atoms with Crippen LogP contribution >= 0.6 is 0 Å². The zero-order chi connectivity index (χ0) is 22.1. The maximum atomic E-state index is 12.0. The summed E-state index contributed by atoms with van der Waals surface area (Å²) in [7, 11) is 0. The molecule has 0 unspecified atom stereocenters. The highest BCUT2D eigenvalue weighted by Gasteiger charge is 2.33. The molecule has 3 rings (SSSR count). The predicted octanol–water partition coefficient (Wildman–Crippen LogP) is 6.23. The number of aryl methyl sites for hydroxylation is 1. The molecule has 2 aromatic rings. The zero-order valence-corrected chi connectivity index (χ0v) is 19.6. The molecule has 162 valence electrons. The molecule has 2 aromatic carbocycles. The van der Waals surface area contributed by atoms with E-state index in [-0.39, 0.29) is 11.4 Å². The Morgan fingerprint density at radius 1 is 1.17 bits per heavy atom. The van der Waals surface area contributed by atoms with Crippen molar-refractivity contribution in [2.75, 3.05) is 29.5 Å². The first-order valence-electron chi connectivity index (χ1n) is 11.2. The van der Waals surface area contributed by atoms with Crippen LogP contribution in [0.4, 0.5) is 17.1 Å². The van der Waals surface area contributed by atoms with Crippen molar-refractivity contribution in [3.8, 4) is 0 Å². The minimum absolute atomic E-state index is 0.149. The number of anilines is 3. The molecular weight excluding hydrogens is 372 g/mol. The number of carbonyl (C=O) groups excluding carboxylic acids is 1. The van der Waals surface area contributed by atoms with Gasteiger partial charge in [-0.15, -0.1) is 0 Å². The van der Waals surface area contributed by atoms with Crippen LogP contribution in [0.2, 0.25) is 0 Å². The summed E-state index contributed by atoms with van der Waals surface area (Å²) in [6.07, 6.45) is 1.15. The van der Waals surface area contributed by atoms with E-state index in [0.717, 1.165) is 25.2 Å². The van der Waals surface area contributed by atoms with Gasteiger partial charge in [-0.2, -0.15) is 0 Å². The van der Waals surface area contributed by atoms with Crippen molar-refractivity contribution in [2.24, 2.45) is 0 Å². The summed E-state index contributed by atoms with van der Waals surface area (Å²) in [5, 5.41) is 0. The van der Waals surface area contributed by atoms with E-state index >= 15 is 0 Å². The summed E-state index contributed by atoms with van der Waals surface area (Å²) in [6.45, 7) is 17.8. The van der Waals surface area contributed by atoms with Gasteiger partial charge in [-0.1, -0.05) is 13.8 Å². The van der Waals surface area contributed by atoms with Crippen molar-refractivity contribution in [1.82, 2.24) is 0 Å². The van der Waals surface area contributed by atoms with Crippen molar-refractivity contribution in [2.45, 2.75) is 66.3 Å². The predicted molar refractivity (Wildman–Crippen MR) is 126 cm³/mol. The van der Waals surface area contributed by atoms with Gasteiger partial charge in [0.15, 0.2) is 0 Å². The molecule has 4 heteroatoms. The van der Waals surface area contributed by atoms with Crippen LogP contribution in [0, 0.1) is 6.92 Å². The summed E-state index contributed by atoms with van der Waals surface area (Å²) in [5.41, 5.74) is 7.12. The van der Waals surface area contributed by atoms with Crippen LogP contribution in [0.1, 0.15) is 69.4 Å². The molecule has 0 N–H and O–H groups in total. The number of hydrogen-bond acceptors (Lipinski definition) is 4. The minimum Gasteiger partial charge on any atom is -0.462 e. The van der Waals surface area contributed by atoms with Gasteiger partial charge in [0.2, 0.25) is 0 Å². The topological polar surface area (TPSA) is 32.8 Å². The number of fused-ring (bicyclic) bond motifs is 1. The first-order valence-corrected chi connectivity index (χ1v) is 11.2. The lowest BCUT2D eigenvalue weighted by atomic mass is 9.76. The molecule has 0 atom stereocenters. The molecule has 0 radical (unpaired) electrons. The van der Waals surface area contributed by atoms with Crippen molar-refractivity contribution in [3.63, 3.8) is 0 Å². The number of carbonyl (C=O) groups is 1. The zero-order valence-electron chi connectivity index (χ0n) is 19.6. The molecule has 30 heavy (non-hydrogen) atoms. The molecule has 4 nitrogen and oxygen atoms in total. The maximum absolute atomic E-state index is 12.0. The number of rotatable bonds is 6. The fraction of sp³-hybridized carbons (Fsp3) is 0.500. The largest absolute Gasteiger partial charge is 0.462 e. The number of benzene rings is 2. The molecule has 0 spiro atoms. The number of nitrogens with zero attached hydrogens (tertiary/aromatic N) is 2. The third kappa shape index (κ3) is 4.19. The summed E-state index contributed by atoms with van der Waals surface area (Å²) < 4.78 is 5.12. The SMILES string of the molecule is CCOC(=O)c1ccc(N(CC)c2cc3c(cc2C)N(C(C)C)CCC3(C)C)cc1. The van der Waals surface area contributed by atoms with E-state index in [1.54, 1.807) is 0 Å². The second-order valence-electron chi connectivity index (χ2n) is 9.09. The van der Waals surface area contributed by atoms with Crippen molar-refractivity contribution in [1.29, 1.82) is 0 Å². The minimum atomic E-state index is -0.271. The third-order valence-corrected chi connectivity index (χ3v) is 6.25. The third-order valence-electron chi connectivity index (χ3n) is 6.25. The van der Waals surface area contributed by atoms with Gasteiger partial charge in [0.1, 0.15) is 0 Å². The Morgan fingerprint density at radius 2 is 1.83 bits per heavy atom. The van der Waals surface area contributed by atoms with Gasteiger partial charge in [0, 0.05) is 36.2 Å². The van der Waals surface area contributed by atoms with E-state index in [1.165, 1.54) is 22.5 Å². The maximum Gasteiger partial charge on any atom is 0.338 e. The van der Waals surface area contributed by atoms with Crippen LogP contribution in [0.5, 0.6) is 0 Å². The second kappa shape index (κ2) is 8.71. The van der Waals surface area contributed by atoms with Crippen LogP contribution < -0.4 is 9.80 Å². The molecule has 0 saturated heterocycles. The second-order valence-corrected chi connectivity index (χ2v) is 9.09. The lowest BCUT2D eigenvalue weighted by Gasteiger charge is -2.43. The first kappa shape index (κ1) is 22.2. The average Bonchev–Trinajstić information content (AvgIpc) is 2.69. The van der Waals surface area contributed by atoms with Gasteiger partial charge < -0.3 is 14.5 Å². The van der Waals surface area contributed by atoms with E-state index < -0.39 is 0 Å². The van der Waals surface area contributed by atoms with Crippen molar-refractivity contribution < 1.29 is 9.53 Å². The molecule has 0 aromatic heterocycles. The lowest BCUT2D eigenvalue weighted by molar-refractivity contribution is 0.0526. The highest BCUT2D eigenvalue weighted by Crippen LogP contribution is 2.44. The van der Waals surface area contributed by atoms with Crippen LogP contribution in [0.3, 0.4) is 0 Å². The van der Waals surface area contributed by atoms with Gasteiger partial charge in [0.05, 0.1) is 12.2 Å². The van der Waals surface area contributed by atoms with E-state index in [1.807, 2.05) is 31.2 Å². The fourth-order valence-corrected chi connectivity index (χ4v) is 4.43. The van der Waals surface area contributed by atoms with Crippen molar-refractivity contribution in [3.05, 3.63) is 53.1 Å². The van der Waals surface area contributed by atoms with Gasteiger partial charge in [-0.05, 0) is 94.0 Å². The standard InChI is InChI=1S/C26H36N2O2/c1-8-27(21-12-10-20(11-13-21)25(29)30-9-2)23-17-22-24(16-19(23)5)28(18(3)4)15-14-26(22,6)7/h10-13,16-18H,8-9,14-15H2,1-7H3. The van der Waals surface area contributed by atoms with E-state index in [9.17, 15) is 4.79 Å². The molecule has 0 fully saturated rings. The van der Waals surface area contributed by atoms with Gasteiger partial charge in [-0.3, -0.25) is 0 Å². The molecule has 0 bridgehead atoms. The van der Waals surface area contributed by atoms with E-state index in [4.69, 9.17) is 4.74 Å².